The standard InChI is InChI=1S/C7H12OS/c8-5-4-6-2-1-3-7(6)9/h6-9H,1-4H2. The van der Waals surface area contributed by atoms with Crippen LogP contribution >= 0.6 is 12.6 Å². The summed E-state index contributed by atoms with van der Waals surface area (Å²) in [5, 5.41) is 8.86. The number of thiol groups is 1. The zero-order valence-corrected chi connectivity index (χ0v) is 6.27. The zero-order valence-electron chi connectivity index (χ0n) is 5.38. The van der Waals surface area contributed by atoms with E-state index in [1.807, 2.05) is 0 Å². The Morgan fingerprint density at radius 3 is 2.78 bits per heavy atom. The van der Waals surface area contributed by atoms with E-state index in [1.54, 1.807) is 0 Å². The van der Waals surface area contributed by atoms with Crippen LogP contribution in [0.1, 0.15) is 25.7 Å². The van der Waals surface area contributed by atoms with Crippen molar-refractivity contribution in [2.45, 2.75) is 30.9 Å². The predicted octanol–water partition coefficient (Wildman–Crippen LogP) is 1.89. The first-order valence-electron chi connectivity index (χ1n) is 3.39. The highest BCUT2D eigenvalue weighted by Gasteiger charge is 2.23. The molecule has 1 aliphatic rings. The van der Waals surface area contributed by atoms with Gasteiger partial charge >= 0.3 is 0 Å². The summed E-state index contributed by atoms with van der Waals surface area (Å²) in [6, 6.07) is 0. The summed E-state index contributed by atoms with van der Waals surface area (Å²) in [6.45, 7) is 2.19. The number of hydrogen-bond acceptors (Lipinski definition) is 2. The first-order valence-corrected chi connectivity index (χ1v) is 3.91. The Morgan fingerprint density at radius 2 is 2.33 bits per heavy atom. The second-order valence-electron chi connectivity index (χ2n) is 2.62. The number of hydrogen-bond donors (Lipinski definition) is 2. The highest BCUT2D eigenvalue weighted by molar-refractivity contribution is 7.81. The Balaban J connectivity index is 2.22. The molecule has 0 heterocycles. The van der Waals surface area contributed by atoms with Crippen LogP contribution in [0.15, 0.2) is 0 Å². The van der Waals surface area contributed by atoms with E-state index in [9.17, 15) is 0 Å². The van der Waals surface area contributed by atoms with Crippen molar-refractivity contribution in [2.24, 2.45) is 5.92 Å². The molecule has 52 valence electrons. The predicted molar refractivity (Wildman–Crippen MR) is 39.9 cm³/mol. The van der Waals surface area contributed by atoms with Gasteiger partial charge < -0.3 is 5.11 Å². The quantitative estimate of drug-likeness (QED) is 0.567. The molecule has 2 atom stereocenters. The van der Waals surface area contributed by atoms with E-state index < -0.39 is 0 Å². The van der Waals surface area contributed by atoms with Gasteiger partial charge in [0.2, 0.25) is 0 Å². The van der Waals surface area contributed by atoms with E-state index in [4.69, 9.17) is 5.11 Å². The highest BCUT2D eigenvalue weighted by atomic mass is 32.1. The van der Waals surface area contributed by atoms with E-state index in [0.29, 0.717) is 17.6 Å². The summed E-state index contributed by atoms with van der Waals surface area (Å²) >= 11 is 4.37. The molecule has 1 rings (SSSR count). The van der Waals surface area contributed by atoms with Gasteiger partial charge in [0.05, 0.1) is 0 Å². The third-order valence-electron chi connectivity index (χ3n) is 1.97. The van der Waals surface area contributed by atoms with Gasteiger partial charge in [-0.3, -0.25) is 0 Å². The molecule has 0 aromatic carbocycles. The number of aliphatic hydroxyl groups excluding tert-OH is 1. The number of rotatable bonds is 2. The summed E-state index contributed by atoms with van der Waals surface area (Å²) < 4.78 is 0. The molecule has 2 unspecified atom stereocenters. The monoisotopic (exact) mass is 144 g/mol. The molecule has 1 N–H and O–H groups in total. The molecule has 0 aliphatic heterocycles. The lowest BCUT2D eigenvalue weighted by Crippen LogP contribution is -2.06. The van der Waals surface area contributed by atoms with Crippen molar-refractivity contribution in [2.75, 3.05) is 0 Å². The van der Waals surface area contributed by atoms with E-state index in [2.05, 4.69) is 19.2 Å². The fourth-order valence-corrected chi connectivity index (χ4v) is 1.81. The van der Waals surface area contributed by atoms with Gasteiger partial charge in [0.25, 0.3) is 0 Å². The fourth-order valence-electron chi connectivity index (χ4n) is 1.37. The van der Waals surface area contributed by atoms with Crippen LogP contribution in [0.2, 0.25) is 0 Å². The van der Waals surface area contributed by atoms with E-state index >= 15 is 0 Å². The van der Waals surface area contributed by atoms with Gasteiger partial charge in [0, 0.05) is 5.25 Å². The molecule has 0 aromatic rings. The van der Waals surface area contributed by atoms with Crippen molar-refractivity contribution in [3.05, 3.63) is 6.61 Å². The van der Waals surface area contributed by atoms with Crippen molar-refractivity contribution in [3.8, 4) is 0 Å². The van der Waals surface area contributed by atoms with Crippen LogP contribution in [0.3, 0.4) is 0 Å². The summed E-state index contributed by atoms with van der Waals surface area (Å²) in [6.07, 6.45) is 4.38. The minimum absolute atomic E-state index is 0.504. The molecule has 0 aromatic heterocycles. The summed E-state index contributed by atoms with van der Waals surface area (Å²) in [5.41, 5.74) is 0. The maximum atomic E-state index is 8.36. The molecule has 1 fully saturated rings. The molecule has 0 saturated heterocycles. The van der Waals surface area contributed by atoms with Crippen LogP contribution in [0.4, 0.5) is 0 Å². The molecule has 1 aliphatic carbocycles. The Hall–Kier alpha value is 0.310. The average Bonchev–Trinajstić information content (AvgIpc) is 2.18. The van der Waals surface area contributed by atoms with Crippen LogP contribution in [0.25, 0.3) is 0 Å². The lowest BCUT2D eigenvalue weighted by Gasteiger charge is -2.10. The molecule has 0 amide bonds. The molecule has 9 heavy (non-hydrogen) atoms. The molecular weight excluding hydrogens is 132 g/mol. The second kappa shape index (κ2) is 3.47. The summed E-state index contributed by atoms with van der Waals surface area (Å²) in [7, 11) is 0. The zero-order chi connectivity index (χ0) is 6.69. The number of aliphatic hydroxyl groups is 1. The van der Waals surface area contributed by atoms with Crippen molar-refractivity contribution >= 4 is 12.6 Å². The van der Waals surface area contributed by atoms with Gasteiger partial charge in [0.1, 0.15) is 6.61 Å². The highest BCUT2D eigenvalue weighted by Crippen LogP contribution is 2.32. The second-order valence-corrected chi connectivity index (χ2v) is 3.28. The Morgan fingerprint density at radius 1 is 1.56 bits per heavy atom. The normalized spacial score (nSPS) is 35.3. The third-order valence-corrected chi connectivity index (χ3v) is 2.65. The van der Waals surface area contributed by atoms with Gasteiger partial charge in [-0.15, -0.1) is 0 Å². The molecule has 1 saturated carbocycles. The van der Waals surface area contributed by atoms with Crippen molar-refractivity contribution in [1.82, 2.24) is 0 Å². The van der Waals surface area contributed by atoms with Crippen LogP contribution < -0.4 is 0 Å². The minimum Gasteiger partial charge on any atom is -0.384 e. The average molecular weight is 144 g/mol. The first kappa shape index (κ1) is 7.42. The maximum Gasteiger partial charge on any atom is 0.128 e. The Kier molecular flexibility index (Phi) is 2.86. The molecule has 2 heteroatoms. The van der Waals surface area contributed by atoms with Gasteiger partial charge in [-0.1, -0.05) is 6.42 Å². The van der Waals surface area contributed by atoms with Gasteiger partial charge in [-0.2, -0.15) is 12.6 Å². The SMILES string of the molecule is O[C]CC1CCCC1S. The third kappa shape index (κ3) is 1.87. The van der Waals surface area contributed by atoms with Crippen LogP contribution in [0.5, 0.6) is 0 Å². The first-order chi connectivity index (χ1) is 4.34. The van der Waals surface area contributed by atoms with Gasteiger partial charge in [-0.25, -0.2) is 0 Å². The lowest BCUT2D eigenvalue weighted by molar-refractivity contribution is 0.341. The fraction of sp³-hybridized carbons (Fsp3) is 0.857. The van der Waals surface area contributed by atoms with Gasteiger partial charge in [-0.05, 0) is 25.2 Å². The van der Waals surface area contributed by atoms with E-state index in [1.165, 1.54) is 19.3 Å². The minimum atomic E-state index is 0.504. The molecule has 0 bridgehead atoms. The Labute approximate surface area is 61.9 Å². The van der Waals surface area contributed by atoms with Crippen molar-refractivity contribution in [3.63, 3.8) is 0 Å². The molecule has 2 radical (unpaired) electrons. The summed E-state index contributed by atoms with van der Waals surface area (Å²) in [4.78, 5) is 0. The van der Waals surface area contributed by atoms with E-state index in [0.717, 1.165) is 0 Å². The van der Waals surface area contributed by atoms with Gasteiger partial charge in [0.15, 0.2) is 0 Å². The van der Waals surface area contributed by atoms with Crippen LogP contribution in [-0.4, -0.2) is 10.4 Å². The van der Waals surface area contributed by atoms with Crippen LogP contribution in [-0.2, 0) is 0 Å². The van der Waals surface area contributed by atoms with Crippen molar-refractivity contribution in [1.29, 1.82) is 0 Å². The lowest BCUT2D eigenvalue weighted by atomic mass is 10.1. The van der Waals surface area contributed by atoms with E-state index in [-0.39, 0.29) is 0 Å². The topological polar surface area (TPSA) is 20.2 Å². The van der Waals surface area contributed by atoms with Crippen LogP contribution in [0, 0.1) is 12.5 Å². The molecular formula is C7H12OS. The molecule has 1 nitrogen and oxygen atoms in total. The smallest absolute Gasteiger partial charge is 0.128 e. The van der Waals surface area contributed by atoms with Crippen molar-refractivity contribution < 1.29 is 5.11 Å². The molecule has 0 spiro atoms. The largest absolute Gasteiger partial charge is 0.384 e. The Bertz CT molecular complexity index is 85.0. The summed E-state index contributed by atoms with van der Waals surface area (Å²) in [5.74, 6) is 0.582. The maximum absolute atomic E-state index is 8.36.